The molecule has 0 saturated heterocycles. The largest absolute Gasteiger partial charge is 0.496 e. The highest BCUT2D eigenvalue weighted by molar-refractivity contribution is 7.17. The van der Waals surface area contributed by atoms with Crippen molar-refractivity contribution in [3.8, 4) is 16.5 Å². The summed E-state index contributed by atoms with van der Waals surface area (Å²) in [5.41, 5.74) is 2.24. The molecule has 0 fully saturated rings. The number of benzene rings is 1. The third kappa shape index (κ3) is 3.81. The Morgan fingerprint density at radius 1 is 1.13 bits per heavy atom. The number of pyridine rings is 1. The van der Waals surface area contributed by atoms with Crippen molar-refractivity contribution < 1.29 is 9.53 Å². The van der Waals surface area contributed by atoms with Crippen molar-refractivity contribution in [2.75, 3.05) is 7.11 Å². The smallest absolute Gasteiger partial charge is 0.264 e. The van der Waals surface area contributed by atoms with Gasteiger partial charge in [-0.2, -0.15) is 0 Å². The first-order valence-corrected chi connectivity index (χ1v) is 10.2. The van der Waals surface area contributed by atoms with Gasteiger partial charge in [-0.25, -0.2) is 9.97 Å². The topological polar surface area (TPSA) is 81.9 Å². The molecule has 0 saturated carbocycles. The molecule has 1 unspecified atom stereocenters. The van der Waals surface area contributed by atoms with Crippen molar-refractivity contribution in [3.05, 3.63) is 83.0 Å². The minimum absolute atomic E-state index is 0.217. The van der Waals surface area contributed by atoms with Crippen molar-refractivity contribution in [1.29, 1.82) is 0 Å². The van der Waals surface area contributed by atoms with E-state index in [-0.39, 0.29) is 5.91 Å². The van der Waals surface area contributed by atoms with E-state index in [0.29, 0.717) is 27.2 Å². The van der Waals surface area contributed by atoms with Crippen LogP contribution in [0.15, 0.2) is 61.1 Å². The molecule has 4 aromatic rings. The number of nitrogens with one attached hydrogen (secondary N) is 1. The number of methoxy groups -OCH3 is 1. The highest BCUT2D eigenvalue weighted by Gasteiger charge is 2.26. The van der Waals surface area contributed by atoms with Crippen LogP contribution in [-0.2, 0) is 7.05 Å². The van der Waals surface area contributed by atoms with Gasteiger partial charge in [0.2, 0.25) is 0 Å². The maximum atomic E-state index is 13.3. The Hall–Kier alpha value is -3.52. The van der Waals surface area contributed by atoms with E-state index < -0.39 is 6.04 Å². The van der Waals surface area contributed by atoms with Crippen LogP contribution in [0.5, 0.6) is 5.75 Å². The van der Waals surface area contributed by atoms with E-state index in [2.05, 4.69) is 20.3 Å². The standard InChI is InChI=1S/C22H21N5O2S/c1-14-19(30-22(25-14)16-9-6-7-11-23-16)21(28)26-18(20-24-12-13-27(20)2)15-8-4-5-10-17(15)29-3/h4-13,18H,1-3H3,(H,26,28). The van der Waals surface area contributed by atoms with Crippen LogP contribution >= 0.6 is 11.3 Å². The van der Waals surface area contributed by atoms with E-state index in [1.807, 2.05) is 67.2 Å². The van der Waals surface area contributed by atoms with Gasteiger partial charge >= 0.3 is 0 Å². The Kier molecular flexibility index (Phi) is 5.58. The monoisotopic (exact) mass is 419 g/mol. The van der Waals surface area contributed by atoms with Gasteiger partial charge in [-0.05, 0) is 25.1 Å². The number of carbonyl (C=O) groups is 1. The molecule has 1 N–H and O–H groups in total. The molecular formula is C22H21N5O2S. The summed E-state index contributed by atoms with van der Waals surface area (Å²) in [5, 5.41) is 3.83. The number of hydrogen-bond acceptors (Lipinski definition) is 6. The van der Waals surface area contributed by atoms with Gasteiger partial charge in [0, 0.05) is 31.2 Å². The number of hydrogen-bond donors (Lipinski definition) is 1. The Balaban J connectivity index is 1.70. The molecule has 0 aliphatic heterocycles. The number of amides is 1. The Morgan fingerprint density at radius 2 is 1.93 bits per heavy atom. The number of imidazole rings is 1. The summed E-state index contributed by atoms with van der Waals surface area (Å²) in [6, 6.07) is 12.8. The predicted octanol–water partition coefficient (Wildman–Crippen LogP) is 3.78. The summed E-state index contributed by atoms with van der Waals surface area (Å²) < 4.78 is 7.42. The van der Waals surface area contributed by atoms with E-state index in [0.717, 1.165) is 11.3 Å². The van der Waals surface area contributed by atoms with E-state index in [1.54, 1.807) is 19.5 Å². The van der Waals surface area contributed by atoms with E-state index in [1.165, 1.54) is 11.3 Å². The van der Waals surface area contributed by atoms with Crippen LogP contribution in [-0.4, -0.2) is 32.5 Å². The first-order chi connectivity index (χ1) is 14.6. The normalized spacial score (nSPS) is 11.8. The average molecular weight is 420 g/mol. The van der Waals surface area contributed by atoms with Gasteiger partial charge in [-0.1, -0.05) is 24.3 Å². The Bertz CT molecular complexity index is 1170. The molecule has 1 aromatic carbocycles. The van der Waals surface area contributed by atoms with Crippen molar-refractivity contribution in [2.45, 2.75) is 13.0 Å². The number of ether oxygens (including phenoxy) is 1. The van der Waals surface area contributed by atoms with Crippen LogP contribution in [0, 0.1) is 6.92 Å². The van der Waals surface area contributed by atoms with Crippen LogP contribution in [0.2, 0.25) is 0 Å². The number of carbonyl (C=O) groups excluding carboxylic acids is 1. The van der Waals surface area contributed by atoms with Gasteiger partial charge in [0.25, 0.3) is 5.91 Å². The van der Waals surface area contributed by atoms with Crippen molar-refractivity contribution >= 4 is 17.2 Å². The SMILES string of the molecule is COc1ccccc1C(NC(=O)c1sc(-c2ccccn2)nc1C)c1nccn1C. The number of aryl methyl sites for hydroxylation is 2. The molecule has 0 spiro atoms. The average Bonchev–Trinajstić information content (AvgIpc) is 3.38. The van der Waals surface area contributed by atoms with Gasteiger partial charge < -0.3 is 14.6 Å². The lowest BCUT2D eigenvalue weighted by Crippen LogP contribution is -2.31. The third-order valence-corrected chi connectivity index (χ3v) is 5.91. The van der Waals surface area contributed by atoms with Crippen LogP contribution in [0.3, 0.4) is 0 Å². The van der Waals surface area contributed by atoms with Gasteiger partial charge in [-0.15, -0.1) is 11.3 Å². The van der Waals surface area contributed by atoms with E-state index in [4.69, 9.17) is 4.74 Å². The lowest BCUT2D eigenvalue weighted by Gasteiger charge is -2.21. The van der Waals surface area contributed by atoms with Gasteiger partial charge in [-0.3, -0.25) is 9.78 Å². The van der Waals surface area contributed by atoms with Gasteiger partial charge in [0.15, 0.2) is 0 Å². The molecule has 4 rings (SSSR count). The van der Waals surface area contributed by atoms with Crippen molar-refractivity contribution in [2.24, 2.45) is 7.05 Å². The fraction of sp³-hybridized carbons (Fsp3) is 0.182. The zero-order valence-corrected chi connectivity index (χ0v) is 17.7. The zero-order chi connectivity index (χ0) is 21.1. The summed E-state index contributed by atoms with van der Waals surface area (Å²) in [5.74, 6) is 1.17. The second-order valence-corrected chi connectivity index (χ2v) is 7.69. The lowest BCUT2D eigenvalue weighted by molar-refractivity contribution is 0.0944. The fourth-order valence-corrected chi connectivity index (χ4v) is 4.19. The zero-order valence-electron chi connectivity index (χ0n) is 16.9. The van der Waals surface area contributed by atoms with Gasteiger partial charge in [0.1, 0.15) is 27.5 Å². The van der Waals surface area contributed by atoms with E-state index in [9.17, 15) is 4.79 Å². The van der Waals surface area contributed by atoms with Crippen LogP contribution in [0.4, 0.5) is 0 Å². The molecule has 30 heavy (non-hydrogen) atoms. The number of aromatic nitrogens is 4. The molecule has 3 aromatic heterocycles. The third-order valence-electron chi connectivity index (χ3n) is 4.73. The summed E-state index contributed by atoms with van der Waals surface area (Å²) in [4.78, 5) is 27.1. The Labute approximate surface area is 178 Å². The molecule has 7 nitrogen and oxygen atoms in total. The molecule has 1 atom stereocenters. The number of rotatable bonds is 6. The molecular weight excluding hydrogens is 398 g/mol. The Morgan fingerprint density at radius 3 is 2.63 bits per heavy atom. The number of thiazole rings is 1. The van der Waals surface area contributed by atoms with Crippen LogP contribution < -0.4 is 10.1 Å². The first kappa shape index (κ1) is 19.8. The molecule has 0 aliphatic rings. The fourth-order valence-electron chi connectivity index (χ4n) is 3.24. The number of para-hydroxylation sites is 1. The molecule has 152 valence electrons. The first-order valence-electron chi connectivity index (χ1n) is 9.38. The molecule has 0 radical (unpaired) electrons. The summed E-state index contributed by atoms with van der Waals surface area (Å²) >= 11 is 1.33. The maximum absolute atomic E-state index is 13.3. The summed E-state index contributed by atoms with van der Waals surface area (Å²) in [6.07, 6.45) is 5.27. The minimum atomic E-state index is -0.478. The number of nitrogens with zero attached hydrogens (tertiary/aromatic N) is 4. The summed E-state index contributed by atoms with van der Waals surface area (Å²) in [6.45, 7) is 1.83. The second kappa shape index (κ2) is 8.46. The minimum Gasteiger partial charge on any atom is -0.496 e. The summed E-state index contributed by atoms with van der Waals surface area (Å²) in [7, 11) is 3.51. The van der Waals surface area contributed by atoms with Crippen LogP contribution in [0.25, 0.3) is 10.7 Å². The highest BCUT2D eigenvalue weighted by Crippen LogP contribution is 2.31. The molecule has 8 heteroatoms. The highest BCUT2D eigenvalue weighted by atomic mass is 32.1. The van der Waals surface area contributed by atoms with Crippen molar-refractivity contribution in [3.63, 3.8) is 0 Å². The van der Waals surface area contributed by atoms with Gasteiger partial charge in [0.05, 0.1) is 18.5 Å². The molecule has 0 aliphatic carbocycles. The van der Waals surface area contributed by atoms with Crippen LogP contribution in [0.1, 0.15) is 32.8 Å². The molecule has 3 heterocycles. The molecule has 1 amide bonds. The van der Waals surface area contributed by atoms with Crippen molar-refractivity contribution in [1.82, 2.24) is 24.8 Å². The van der Waals surface area contributed by atoms with E-state index >= 15 is 0 Å². The quantitative estimate of drug-likeness (QED) is 0.514. The maximum Gasteiger partial charge on any atom is 0.264 e. The second-order valence-electron chi connectivity index (χ2n) is 6.69. The lowest BCUT2D eigenvalue weighted by atomic mass is 10.0. The molecule has 0 bridgehead atoms. The predicted molar refractivity (Wildman–Crippen MR) is 116 cm³/mol.